The number of nitrogens with zero attached hydrogens (tertiary/aromatic N) is 2. The first kappa shape index (κ1) is 18.5. The van der Waals surface area contributed by atoms with E-state index in [1.807, 2.05) is 24.3 Å². The summed E-state index contributed by atoms with van der Waals surface area (Å²) in [5, 5.41) is 0. The van der Waals surface area contributed by atoms with Gasteiger partial charge < -0.3 is 9.72 Å². The van der Waals surface area contributed by atoms with Gasteiger partial charge in [0, 0.05) is 23.5 Å². The quantitative estimate of drug-likeness (QED) is 0.609. The molecule has 1 saturated carbocycles. The van der Waals surface area contributed by atoms with Gasteiger partial charge in [-0.25, -0.2) is 4.98 Å². The van der Waals surface area contributed by atoms with Crippen molar-refractivity contribution in [1.29, 1.82) is 0 Å². The van der Waals surface area contributed by atoms with Crippen LogP contribution in [-0.2, 0) is 6.18 Å². The second-order valence-corrected chi connectivity index (χ2v) is 6.97. The smallest absolute Gasteiger partial charge is 0.434 e. The molecular weight excluding hydrogens is 367 g/mol. The van der Waals surface area contributed by atoms with Crippen molar-refractivity contribution in [3.05, 3.63) is 54.5 Å². The monoisotopic (exact) mass is 387 g/mol. The summed E-state index contributed by atoms with van der Waals surface area (Å²) in [6, 6.07) is 11.2. The Bertz CT molecular complexity index is 911. The number of alkyl halides is 3. The average molecular weight is 387 g/mol. The molecule has 2 aromatic heterocycles. The van der Waals surface area contributed by atoms with Crippen LogP contribution in [0.4, 0.5) is 13.2 Å². The van der Waals surface area contributed by atoms with Crippen LogP contribution in [0.3, 0.4) is 0 Å². The lowest BCUT2D eigenvalue weighted by Crippen LogP contribution is -2.19. The van der Waals surface area contributed by atoms with Crippen molar-refractivity contribution in [1.82, 2.24) is 15.0 Å². The molecule has 28 heavy (non-hydrogen) atoms. The van der Waals surface area contributed by atoms with Crippen LogP contribution in [0.5, 0.6) is 5.75 Å². The van der Waals surface area contributed by atoms with Gasteiger partial charge in [-0.1, -0.05) is 6.42 Å². The second-order valence-electron chi connectivity index (χ2n) is 6.97. The van der Waals surface area contributed by atoms with Crippen LogP contribution in [-0.4, -0.2) is 21.1 Å². The van der Waals surface area contributed by atoms with E-state index in [-0.39, 0.29) is 5.82 Å². The molecule has 0 amide bonds. The lowest BCUT2D eigenvalue weighted by atomic mass is 9.98. The molecule has 2 heterocycles. The number of benzene rings is 1. The molecule has 0 spiro atoms. The van der Waals surface area contributed by atoms with Crippen LogP contribution in [0, 0.1) is 0 Å². The maximum atomic E-state index is 12.7. The minimum atomic E-state index is -4.47. The van der Waals surface area contributed by atoms with Crippen LogP contribution in [0.15, 0.2) is 48.8 Å². The van der Waals surface area contributed by atoms with E-state index in [9.17, 15) is 13.2 Å². The summed E-state index contributed by atoms with van der Waals surface area (Å²) in [5.74, 6) is 0.991. The highest BCUT2D eigenvalue weighted by Gasteiger charge is 2.33. The number of hydrogen-bond donors (Lipinski definition) is 1. The molecule has 1 N–H and O–H groups in total. The van der Waals surface area contributed by atoms with Gasteiger partial charge in [-0.15, -0.1) is 0 Å². The minimum absolute atomic E-state index is 0.141. The Labute approximate surface area is 160 Å². The lowest BCUT2D eigenvalue weighted by molar-refractivity contribution is -0.140. The fourth-order valence-corrected chi connectivity index (χ4v) is 3.40. The number of aromatic nitrogens is 3. The minimum Gasteiger partial charge on any atom is -0.490 e. The first-order valence-electron chi connectivity index (χ1n) is 9.35. The van der Waals surface area contributed by atoms with Gasteiger partial charge in [0.2, 0.25) is 0 Å². The van der Waals surface area contributed by atoms with E-state index in [0.717, 1.165) is 36.0 Å². The van der Waals surface area contributed by atoms with E-state index >= 15 is 0 Å². The van der Waals surface area contributed by atoms with Gasteiger partial charge in [-0.2, -0.15) is 13.2 Å². The number of aromatic amines is 1. The molecule has 0 aliphatic heterocycles. The number of imidazole rings is 1. The molecule has 0 unspecified atom stereocenters. The number of hydrogen-bond acceptors (Lipinski definition) is 3. The van der Waals surface area contributed by atoms with Gasteiger partial charge in [-0.05, 0) is 62.1 Å². The van der Waals surface area contributed by atoms with E-state index < -0.39 is 11.9 Å². The number of nitrogens with one attached hydrogen (secondary N) is 1. The molecule has 4 nitrogen and oxygen atoms in total. The maximum Gasteiger partial charge on any atom is 0.434 e. The third-order valence-electron chi connectivity index (χ3n) is 4.91. The molecular formula is C21H20F3N3O. The summed E-state index contributed by atoms with van der Waals surface area (Å²) in [4.78, 5) is 10.5. The van der Waals surface area contributed by atoms with Crippen molar-refractivity contribution in [2.75, 3.05) is 0 Å². The molecule has 4 rings (SSSR count). The molecule has 1 aliphatic carbocycles. The number of ether oxygens (including phenoxy) is 1. The van der Waals surface area contributed by atoms with E-state index in [2.05, 4.69) is 15.0 Å². The normalized spacial score (nSPS) is 15.5. The SMILES string of the molecule is FC(F)(F)c1c[nH]c(-c2ccc(-c3ccc(OC4CCCCC4)cc3)nc2)n1. The summed E-state index contributed by atoms with van der Waals surface area (Å²) < 4.78 is 44.1. The predicted octanol–water partition coefficient (Wildman–Crippen LogP) is 5.87. The lowest BCUT2D eigenvalue weighted by Gasteiger charge is -2.23. The highest BCUT2D eigenvalue weighted by molar-refractivity contribution is 5.63. The average Bonchev–Trinajstić information content (AvgIpc) is 3.20. The van der Waals surface area contributed by atoms with E-state index in [0.29, 0.717) is 11.7 Å². The van der Waals surface area contributed by atoms with Crippen molar-refractivity contribution >= 4 is 0 Å². The topological polar surface area (TPSA) is 50.8 Å². The Morgan fingerprint density at radius 3 is 2.25 bits per heavy atom. The third kappa shape index (κ3) is 4.18. The van der Waals surface area contributed by atoms with E-state index in [1.54, 1.807) is 12.1 Å². The molecule has 1 aliphatic rings. The van der Waals surface area contributed by atoms with Crippen LogP contribution in [0.2, 0.25) is 0 Å². The molecule has 0 radical (unpaired) electrons. The van der Waals surface area contributed by atoms with Gasteiger partial charge in [0.05, 0.1) is 11.8 Å². The number of H-pyrrole nitrogens is 1. The number of halogens is 3. The van der Waals surface area contributed by atoms with Gasteiger partial charge in [0.1, 0.15) is 11.6 Å². The fourth-order valence-electron chi connectivity index (χ4n) is 3.40. The first-order chi connectivity index (χ1) is 13.5. The van der Waals surface area contributed by atoms with Gasteiger partial charge in [0.15, 0.2) is 5.69 Å². The molecule has 146 valence electrons. The summed E-state index contributed by atoms with van der Waals surface area (Å²) >= 11 is 0. The Kier molecular flexibility index (Phi) is 5.07. The van der Waals surface area contributed by atoms with Crippen LogP contribution < -0.4 is 4.74 Å². The fraction of sp³-hybridized carbons (Fsp3) is 0.333. The van der Waals surface area contributed by atoms with Crippen LogP contribution in [0.1, 0.15) is 37.8 Å². The summed E-state index contributed by atoms with van der Waals surface area (Å²) in [6.07, 6.45) is 4.14. The van der Waals surface area contributed by atoms with Crippen molar-refractivity contribution in [2.45, 2.75) is 44.4 Å². The Morgan fingerprint density at radius 1 is 0.929 bits per heavy atom. The molecule has 0 bridgehead atoms. The van der Waals surface area contributed by atoms with Gasteiger partial charge in [0.25, 0.3) is 0 Å². The van der Waals surface area contributed by atoms with Crippen molar-refractivity contribution in [3.63, 3.8) is 0 Å². The molecule has 3 aromatic rings. The van der Waals surface area contributed by atoms with Crippen molar-refractivity contribution in [2.24, 2.45) is 0 Å². The summed E-state index contributed by atoms with van der Waals surface area (Å²) in [6.45, 7) is 0. The van der Waals surface area contributed by atoms with Crippen LogP contribution in [0.25, 0.3) is 22.6 Å². The van der Waals surface area contributed by atoms with Crippen molar-refractivity contribution < 1.29 is 17.9 Å². The predicted molar refractivity (Wildman–Crippen MR) is 99.8 cm³/mol. The Morgan fingerprint density at radius 2 is 1.64 bits per heavy atom. The molecule has 0 saturated heterocycles. The summed E-state index contributed by atoms with van der Waals surface area (Å²) in [5.41, 5.74) is 1.20. The molecule has 0 atom stereocenters. The third-order valence-corrected chi connectivity index (χ3v) is 4.91. The summed E-state index contributed by atoms with van der Waals surface area (Å²) in [7, 11) is 0. The maximum absolute atomic E-state index is 12.7. The highest BCUT2D eigenvalue weighted by Crippen LogP contribution is 2.30. The Balaban J connectivity index is 1.45. The zero-order valence-electron chi connectivity index (χ0n) is 15.2. The van der Waals surface area contributed by atoms with E-state index in [1.165, 1.54) is 25.5 Å². The highest BCUT2D eigenvalue weighted by atomic mass is 19.4. The van der Waals surface area contributed by atoms with Crippen molar-refractivity contribution in [3.8, 4) is 28.4 Å². The van der Waals surface area contributed by atoms with Gasteiger partial charge >= 0.3 is 6.18 Å². The molecule has 1 aromatic carbocycles. The zero-order chi connectivity index (χ0) is 19.6. The van der Waals surface area contributed by atoms with E-state index in [4.69, 9.17) is 4.74 Å². The number of rotatable bonds is 4. The molecule has 7 heteroatoms. The van der Waals surface area contributed by atoms with Gasteiger partial charge in [-0.3, -0.25) is 4.98 Å². The Hall–Kier alpha value is -2.83. The first-order valence-corrected chi connectivity index (χ1v) is 9.35. The zero-order valence-corrected chi connectivity index (χ0v) is 15.2. The standard InChI is InChI=1S/C21H20F3N3O/c22-21(23,24)19-13-26-20(27-19)15-8-11-18(25-12-15)14-6-9-17(10-7-14)28-16-4-2-1-3-5-16/h6-13,16H,1-5H2,(H,26,27). The van der Waals surface area contributed by atoms with Crippen LogP contribution >= 0.6 is 0 Å². The number of pyridine rings is 1. The second kappa shape index (κ2) is 7.66. The largest absolute Gasteiger partial charge is 0.490 e. The molecule has 1 fully saturated rings.